The van der Waals surface area contributed by atoms with Gasteiger partial charge in [0.25, 0.3) is 10.0 Å². The maximum absolute atomic E-state index is 13.9. The van der Waals surface area contributed by atoms with Crippen LogP contribution < -0.4 is 12.4 Å². The van der Waals surface area contributed by atoms with Crippen LogP contribution in [0.25, 0.3) is 0 Å². The molecular weight excluding hydrogens is 1050 g/mol. The summed E-state index contributed by atoms with van der Waals surface area (Å²) in [5.74, 6) is -54.4. The van der Waals surface area contributed by atoms with Crippen LogP contribution >= 0.6 is 0 Å². The highest BCUT2D eigenvalue weighted by atomic mass is 35.5. The molecule has 412 valence electrons. The molecule has 0 aromatic heterocycles. The Kier molecular flexibility index (Phi) is 29.0. The van der Waals surface area contributed by atoms with Crippen molar-refractivity contribution >= 4 is 33.9 Å². The molecule has 70 heavy (non-hydrogen) atoms. The molecule has 1 saturated heterocycles. The standard InChI is InChI=1S/C14H10F17NO4S.C9H18NO2.C7H10O3.C7H12O3.ClH/c1-3-6(33)36-5-4-32(2)37(34,35)14(30,31)12(25,26)10(21,22)8(17,18)7(15,16)9(19,20)11(23,24)13(27,28)29;1-8(2)9(11)12-7-6-10(3,4)5;1-5(2)7(8)10-4-6-3-9-6;1-3-7(8)10-6-5-9-4-2;/h3H,1,4-5H2,2H3;1,6-7H2,2-5H3;6H,1,3-4H2,2H3;3H,1,4-6H2,2H3;1H/q;+1;;;/p-1. The Morgan fingerprint density at radius 2 is 1.01 bits per heavy atom. The van der Waals surface area contributed by atoms with Gasteiger partial charge in [0.15, 0.2) is 0 Å². The molecule has 0 aliphatic carbocycles. The smallest absolute Gasteiger partial charge is 0.460 e. The summed E-state index contributed by atoms with van der Waals surface area (Å²) in [4.78, 5) is 42.7. The molecule has 33 heteroatoms. The number of sulfonamides is 1. The number of ether oxygens (including phenoxy) is 6. The highest BCUT2D eigenvalue weighted by molar-refractivity contribution is 7.90. The van der Waals surface area contributed by atoms with Gasteiger partial charge in [-0.15, -0.1) is 0 Å². The maximum atomic E-state index is 13.9. The fourth-order valence-electron chi connectivity index (χ4n) is 3.36. The van der Waals surface area contributed by atoms with Crippen molar-refractivity contribution in [1.82, 2.24) is 4.31 Å². The molecule has 14 nitrogen and oxygen atoms in total. The van der Waals surface area contributed by atoms with Gasteiger partial charge in [-0.2, -0.15) is 78.9 Å². The summed E-state index contributed by atoms with van der Waals surface area (Å²) in [6.45, 7) is 18.9. The van der Waals surface area contributed by atoms with Crippen LogP contribution in [0, 0.1) is 0 Å². The summed E-state index contributed by atoms with van der Waals surface area (Å²) in [6, 6.07) is 0. The highest BCUT2D eigenvalue weighted by Gasteiger charge is 2.96. The number of carbonyl (C=O) groups is 4. The SMILES string of the molecule is C=C(C)C(=O)OCC1CO1.C=C(C)C(=O)OCC[N+](C)(C)C.C=CC(=O)OCCN(C)S(=O)(=O)C(F)(F)C(F)(F)C(F)(F)C(F)(F)C(F)(F)C(F)(F)C(F)(F)C(F)(F)F.C=CC(=O)OCCOCC.[Cl-]. The van der Waals surface area contributed by atoms with Gasteiger partial charge < -0.3 is 45.3 Å². The monoisotopic (exact) mass is 1100 g/mol. The number of hydrogen-bond donors (Lipinski definition) is 0. The highest BCUT2D eigenvalue weighted by Crippen LogP contribution is 2.64. The van der Waals surface area contributed by atoms with Crippen molar-refractivity contribution < 1.29 is 148 Å². The zero-order valence-corrected chi connectivity index (χ0v) is 39.5. The van der Waals surface area contributed by atoms with Gasteiger partial charge in [0.2, 0.25) is 0 Å². The van der Waals surface area contributed by atoms with E-state index in [1.54, 1.807) is 13.8 Å². The van der Waals surface area contributed by atoms with Crippen molar-refractivity contribution in [2.45, 2.75) is 73.8 Å². The minimum Gasteiger partial charge on any atom is -1.00 e. The molecule has 0 aromatic carbocycles. The molecular formula is C37H50ClF17N2O12S. The molecule has 1 atom stereocenters. The van der Waals surface area contributed by atoms with E-state index >= 15 is 0 Å². The number of likely N-dealkylation sites (N-methyl/N-ethyl adjacent to an activating group) is 2. The molecule has 0 radical (unpaired) electrons. The first-order valence-electron chi connectivity index (χ1n) is 18.6. The Labute approximate surface area is 396 Å². The Morgan fingerprint density at radius 3 is 1.36 bits per heavy atom. The van der Waals surface area contributed by atoms with Crippen LogP contribution in [-0.2, 0) is 57.6 Å². The summed E-state index contributed by atoms with van der Waals surface area (Å²) in [5, 5.41) is -7.66. The van der Waals surface area contributed by atoms with Gasteiger partial charge in [-0.3, -0.25) is 0 Å². The molecule has 1 unspecified atom stereocenters. The predicted octanol–water partition coefficient (Wildman–Crippen LogP) is 4.02. The van der Waals surface area contributed by atoms with Crippen molar-refractivity contribution in [3.8, 4) is 0 Å². The van der Waals surface area contributed by atoms with E-state index < -0.39 is 86.4 Å². The zero-order chi connectivity index (χ0) is 55.6. The number of rotatable bonds is 24. The minimum atomic E-state index is -8.90. The Bertz CT molecular complexity index is 1880. The summed E-state index contributed by atoms with van der Waals surface area (Å²) in [7, 11) is -1.44. The van der Waals surface area contributed by atoms with Crippen LogP contribution in [0.4, 0.5) is 74.6 Å². The normalized spacial score (nSPS) is 14.6. The Balaban J connectivity index is -0.000000527. The first-order chi connectivity index (χ1) is 30.7. The second kappa shape index (κ2) is 28.1. The van der Waals surface area contributed by atoms with Gasteiger partial charge in [0, 0.05) is 43.5 Å². The molecule has 0 N–H and O–H groups in total. The van der Waals surface area contributed by atoms with Crippen LogP contribution in [0.3, 0.4) is 0 Å². The second-order valence-corrected chi connectivity index (χ2v) is 16.6. The summed E-state index contributed by atoms with van der Waals surface area (Å²) < 4.78 is 276. The molecule has 0 aromatic rings. The van der Waals surface area contributed by atoms with Crippen LogP contribution in [0.2, 0.25) is 0 Å². The quantitative estimate of drug-likeness (QED) is 0.0260. The van der Waals surface area contributed by atoms with Gasteiger partial charge in [-0.25, -0.2) is 27.6 Å². The average molecular weight is 1110 g/mol. The number of hydrogen-bond acceptors (Lipinski definition) is 12. The molecule has 0 bridgehead atoms. The van der Waals surface area contributed by atoms with Crippen LogP contribution in [0.5, 0.6) is 0 Å². The first-order valence-corrected chi connectivity index (χ1v) is 20.1. The van der Waals surface area contributed by atoms with Crippen LogP contribution in [0.15, 0.2) is 49.6 Å². The molecule has 1 fully saturated rings. The second-order valence-electron chi connectivity index (χ2n) is 14.5. The predicted molar refractivity (Wildman–Crippen MR) is 205 cm³/mol. The maximum Gasteiger partial charge on any atom is 0.460 e. The fourth-order valence-corrected chi connectivity index (χ4v) is 4.52. The molecule has 0 saturated carbocycles. The van der Waals surface area contributed by atoms with E-state index in [-0.39, 0.29) is 37.5 Å². The number of nitrogens with zero attached hydrogens (tertiary/aromatic N) is 2. The van der Waals surface area contributed by atoms with E-state index in [0.717, 1.165) is 17.1 Å². The van der Waals surface area contributed by atoms with Gasteiger partial charge in [-0.05, 0) is 20.8 Å². The number of carbonyl (C=O) groups excluding carboxylic acids is 4. The molecule has 1 aliphatic rings. The lowest BCUT2D eigenvalue weighted by atomic mass is 9.91. The van der Waals surface area contributed by atoms with Crippen molar-refractivity contribution in [3.63, 3.8) is 0 Å². The number of alkyl halides is 17. The van der Waals surface area contributed by atoms with Gasteiger partial charge >= 0.3 is 70.8 Å². The lowest BCUT2D eigenvalue weighted by molar-refractivity contribution is -0.870. The molecule has 0 spiro atoms. The summed E-state index contributed by atoms with van der Waals surface area (Å²) in [5.41, 5.74) is 0.886. The first kappa shape index (κ1) is 72.3. The van der Waals surface area contributed by atoms with Crippen LogP contribution in [-0.4, -0.2) is 182 Å². The van der Waals surface area contributed by atoms with E-state index in [1.807, 2.05) is 6.92 Å². The number of esters is 4. The lowest BCUT2D eigenvalue weighted by Gasteiger charge is -2.42. The summed E-state index contributed by atoms with van der Waals surface area (Å²) in [6.07, 6.45) is -6.26. The van der Waals surface area contributed by atoms with E-state index in [4.69, 9.17) is 18.9 Å². The van der Waals surface area contributed by atoms with Gasteiger partial charge in [0.05, 0.1) is 34.4 Å². The van der Waals surface area contributed by atoms with Gasteiger partial charge in [0.1, 0.15) is 39.1 Å². The lowest BCUT2D eigenvalue weighted by Crippen LogP contribution is -3.00. The minimum absolute atomic E-state index is 0. The zero-order valence-electron chi connectivity index (χ0n) is 37.9. The fraction of sp³-hybridized carbons (Fsp3) is 0.676. The van der Waals surface area contributed by atoms with E-state index in [2.05, 4.69) is 56.9 Å². The topological polar surface area (TPSA) is 164 Å². The molecule has 1 heterocycles. The van der Waals surface area contributed by atoms with Crippen molar-refractivity contribution in [2.75, 3.05) is 87.5 Å². The largest absolute Gasteiger partial charge is 1.00 e. The Morgan fingerprint density at radius 1 is 0.643 bits per heavy atom. The Hall–Kier alpha value is -4.27. The van der Waals surface area contributed by atoms with Crippen molar-refractivity contribution in [2.24, 2.45) is 0 Å². The number of epoxide rings is 1. The third kappa shape index (κ3) is 19.7. The van der Waals surface area contributed by atoms with Crippen LogP contribution in [0.1, 0.15) is 20.8 Å². The molecule has 1 aliphatic heterocycles. The third-order valence-corrected chi connectivity index (χ3v) is 9.49. The van der Waals surface area contributed by atoms with Crippen molar-refractivity contribution in [3.05, 3.63) is 49.6 Å². The number of halogens is 18. The van der Waals surface area contributed by atoms with E-state index in [0.29, 0.717) is 56.9 Å². The third-order valence-electron chi connectivity index (χ3n) is 7.58. The average Bonchev–Trinajstić information content (AvgIpc) is 4.05. The number of quaternary nitrogens is 1. The molecule has 0 amide bonds. The van der Waals surface area contributed by atoms with Gasteiger partial charge in [-0.1, -0.05) is 26.3 Å². The van der Waals surface area contributed by atoms with Crippen molar-refractivity contribution in [1.29, 1.82) is 0 Å². The van der Waals surface area contributed by atoms with E-state index in [1.165, 1.54) is 0 Å². The van der Waals surface area contributed by atoms with E-state index in [9.17, 15) is 102 Å². The molecule has 1 rings (SSSR count). The summed E-state index contributed by atoms with van der Waals surface area (Å²) >= 11 is 0.